The summed E-state index contributed by atoms with van der Waals surface area (Å²) in [5.74, 6) is -0.135. The molecule has 2 aliphatic heterocycles. The highest BCUT2D eigenvalue weighted by molar-refractivity contribution is 6.06. The molecule has 0 radical (unpaired) electrons. The number of carbonyl (C=O) groups excluding carboxylic acids is 1. The van der Waals surface area contributed by atoms with E-state index in [-0.39, 0.29) is 18.3 Å². The van der Waals surface area contributed by atoms with Gasteiger partial charge < -0.3 is 25.0 Å². The Hall–Kier alpha value is -2.92. The van der Waals surface area contributed by atoms with Crippen LogP contribution in [0.15, 0.2) is 43.0 Å². The quantitative estimate of drug-likeness (QED) is 0.577. The summed E-state index contributed by atoms with van der Waals surface area (Å²) in [6.45, 7) is -0.662. The van der Waals surface area contributed by atoms with Gasteiger partial charge in [-0.15, -0.1) is 0 Å². The van der Waals surface area contributed by atoms with Crippen LogP contribution < -0.4 is 5.32 Å². The molecule has 0 aliphatic carbocycles. The molecule has 2 fully saturated rings. The zero-order valence-electron chi connectivity index (χ0n) is 15.5. The molecule has 3 N–H and O–H groups in total. The van der Waals surface area contributed by atoms with Crippen LogP contribution in [0, 0.1) is 0 Å². The molecule has 10 nitrogen and oxygen atoms in total. The first-order chi connectivity index (χ1) is 14.0. The Labute approximate surface area is 160 Å². The lowest BCUT2D eigenvalue weighted by molar-refractivity contribution is -0.185. The lowest BCUT2D eigenvalue weighted by Gasteiger charge is -2.29. The number of amides is 1. The average Bonchev–Trinajstić information content (AvgIpc) is 3.35. The SMILES string of the molecule is [2H][C@]1(O)[C@H]2OC[C@]1(CO)O[C@H]2n1cnc2c(NC(=O)c3ccccc3)ncnc21. The summed E-state index contributed by atoms with van der Waals surface area (Å²) in [6.07, 6.45) is -1.40. The van der Waals surface area contributed by atoms with Gasteiger partial charge in [-0.2, -0.15) is 0 Å². The summed E-state index contributed by atoms with van der Waals surface area (Å²) >= 11 is 0. The number of fused-ring (bicyclic) bond motifs is 3. The van der Waals surface area contributed by atoms with Crippen molar-refractivity contribution in [3.63, 3.8) is 0 Å². The third-order valence-electron chi connectivity index (χ3n) is 4.99. The molecule has 1 amide bonds. The van der Waals surface area contributed by atoms with Crippen LogP contribution in [0.1, 0.15) is 18.0 Å². The van der Waals surface area contributed by atoms with Crippen molar-refractivity contribution in [2.24, 2.45) is 0 Å². The van der Waals surface area contributed by atoms with Gasteiger partial charge in [0.1, 0.15) is 24.1 Å². The Morgan fingerprint density at radius 3 is 2.93 bits per heavy atom. The van der Waals surface area contributed by atoms with Gasteiger partial charge in [0.05, 0.1) is 20.9 Å². The molecule has 0 spiro atoms. The number of aromatic nitrogens is 4. The summed E-state index contributed by atoms with van der Waals surface area (Å²) < 4.78 is 21.0. The van der Waals surface area contributed by atoms with Crippen LogP contribution in [-0.4, -0.2) is 66.6 Å². The van der Waals surface area contributed by atoms with E-state index in [1.807, 2.05) is 6.07 Å². The van der Waals surface area contributed by atoms with E-state index in [4.69, 9.17) is 10.8 Å². The molecule has 1 aromatic carbocycles. The van der Waals surface area contributed by atoms with Crippen LogP contribution in [-0.2, 0) is 9.47 Å². The standard InChI is InChI=1S/C18H17N5O5/c24-6-18-7-27-12(13(18)25)17(28-18)23-9-21-11-14(19-8-20-15(11)23)22-16(26)10-4-2-1-3-5-10/h1-5,8-9,12-13,17,24-25H,6-7H2,(H,19,20,22,26)/t12-,13+,17-,18+/m1/s1/i13D. The third-order valence-corrected chi connectivity index (χ3v) is 4.99. The highest BCUT2D eigenvalue weighted by atomic mass is 16.7. The van der Waals surface area contributed by atoms with E-state index in [1.54, 1.807) is 24.3 Å². The van der Waals surface area contributed by atoms with Crippen molar-refractivity contribution in [3.05, 3.63) is 48.5 Å². The molecule has 5 rings (SSSR count). The first-order valence-corrected chi connectivity index (χ1v) is 8.63. The lowest BCUT2D eigenvalue weighted by Crippen LogP contribution is -2.44. The number of aliphatic hydroxyl groups excluding tert-OH is 1. The van der Waals surface area contributed by atoms with Gasteiger partial charge in [-0.05, 0) is 12.1 Å². The maximum absolute atomic E-state index is 12.5. The van der Waals surface area contributed by atoms with E-state index in [9.17, 15) is 15.0 Å². The Morgan fingerprint density at radius 2 is 2.18 bits per heavy atom. The van der Waals surface area contributed by atoms with Crippen molar-refractivity contribution in [2.75, 3.05) is 18.5 Å². The Kier molecular flexibility index (Phi) is 3.62. The number of imidazole rings is 1. The van der Waals surface area contributed by atoms with Crippen molar-refractivity contribution in [2.45, 2.75) is 24.0 Å². The molecule has 2 saturated heterocycles. The summed E-state index contributed by atoms with van der Waals surface area (Å²) in [5, 5.41) is 22.9. The van der Waals surface area contributed by atoms with Gasteiger partial charge in [0.15, 0.2) is 23.2 Å². The minimum Gasteiger partial charge on any atom is -0.393 e. The van der Waals surface area contributed by atoms with Crippen LogP contribution in [0.2, 0.25) is 0 Å². The molecular weight excluding hydrogens is 366 g/mol. The summed E-state index contributed by atoms with van der Waals surface area (Å²) in [7, 11) is 0. The molecular formula is C18H17N5O5. The number of hydrogen-bond acceptors (Lipinski definition) is 8. The van der Waals surface area contributed by atoms with Crippen LogP contribution >= 0.6 is 0 Å². The second-order valence-corrected chi connectivity index (χ2v) is 6.64. The van der Waals surface area contributed by atoms with Crippen molar-refractivity contribution in [1.29, 1.82) is 0 Å². The lowest BCUT2D eigenvalue weighted by atomic mass is 10.0. The second kappa shape index (κ2) is 6.31. The van der Waals surface area contributed by atoms with Crippen LogP contribution in [0.4, 0.5) is 5.82 Å². The molecule has 144 valence electrons. The van der Waals surface area contributed by atoms with Gasteiger partial charge in [0, 0.05) is 5.56 Å². The Balaban J connectivity index is 1.49. The summed E-state index contributed by atoms with van der Waals surface area (Å²) in [5.41, 5.74) is -0.438. The fraction of sp³-hybridized carbons (Fsp3) is 0.333. The summed E-state index contributed by atoms with van der Waals surface area (Å²) in [4.78, 5) is 25.0. The maximum atomic E-state index is 12.5. The molecule has 10 heteroatoms. The minimum atomic E-state index is -2.12. The number of hydrogen-bond donors (Lipinski definition) is 3. The minimum absolute atomic E-state index is 0.0926. The molecule has 2 bridgehead atoms. The number of rotatable bonds is 4. The largest absolute Gasteiger partial charge is 0.393 e. The maximum Gasteiger partial charge on any atom is 0.256 e. The molecule has 0 unspecified atom stereocenters. The predicted molar refractivity (Wildman–Crippen MR) is 95.4 cm³/mol. The molecule has 4 heterocycles. The number of benzene rings is 1. The number of anilines is 1. The fourth-order valence-corrected chi connectivity index (χ4v) is 3.51. The first kappa shape index (κ1) is 16.1. The van der Waals surface area contributed by atoms with Gasteiger partial charge in [-0.3, -0.25) is 9.36 Å². The topological polar surface area (TPSA) is 132 Å². The highest BCUT2D eigenvalue weighted by Crippen LogP contribution is 2.45. The van der Waals surface area contributed by atoms with Crippen molar-refractivity contribution < 1.29 is 25.9 Å². The van der Waals surface area contributed by atoms with Crippen LogP contribution in [0.5, 0.6) is 0 Å². The van der Waals surface area contributed by atoms with Gasteiger partial charge in [-0.25, -0.2) is 15.0 Å². The van der Waals surface area contributed by atoms with E-state index >= 15 is 0 Å². The normalized spacial score (nSPS) is 31.9. The van der Waals surface area contributed by atoms with E-state index < -0.39 is 30.6 Å². The average molecular weight is 384 g/mol. The van der Waals surface area contributed by atoms with Gasteiger partial charge >= 0.3 is 0 Å². The second-order valence-electron chi connectivity index (χ2n) is 6.64. The number of aliphatic hydroxyl groups is 2. The zero-order chi connectivity index (χ0) is 20.2. The number of nitrogens with zero attached hydrogens (tertiary/aromatic N) is 4. The van der Waals surface area contributed by atoms with Gasteiger partial charge in [-0.1, -0.05) is 18.2 Å². The molecule has 3 aromatic rings. The molecule has 2 aromatic heterocycles. The monoisotopic (exact) mass is 384 g/mol. The molecule has 0 saturated carbocycles. The first-order valence-electron chi connectivity index (χ1n) is 9.13. The zero-order valence-corrected chi connectivity index (χ0v) is 14.5. The van der Waals surface area contributed by atoms with Crippen molar-refractivity contribution in [1.82, 2.24) is 19.5 Å². The third kappa shape index (κ3) is 2.43. The smallest absolute Gasteiger partial charge is 0.256 e. The van der Waals surface area contributed by atoms with Crippen LogP contribution in [0.3, 0.4) is 0 Å². The van der Waals surface area contributed by atoms with Crippen molar-refractivity contribution >= 4 is 22.9 Å². The van der Waals surface area contributed by atoms with E-state index in [0.717, 1.165) is 0 Å². The predicted octanol–water partition coefficient (Wildman–Crippen LogP) is 0.0982. The van der Waals surface area contributed by atoms with Gasteiger partial charge in [0.2, 0.25) is 0 Å². The highest BCUT2D eigenvalue weighted by Gasteiger charge is 2.61. The van der Waals surface area contributed by atoms with E-state index in [1.165, 1.54) is 17.2 Å². The van der Waals surface area contributed by atoms with Gasteiger partial charge in [0.25, 0.3) is 5.91 Å². The van der Waals surface area contributed by atoms with E-state index in [0.29, 0.717) is 16.7 Å². The van der Waals surface area contributed by atoms with E-state index in [2.05, 4.69) is 20.3 Å². The number of carbonyl (C=O) groups is 1. The van der Waals surface area contributed by atoms with Crippen LogP contribution in [0.25, 0.3) is 11.2 Å². The molecule has 28 heavy (non-hydrogen) atoms. The molecule has 4 atom stereocenters. The Bertz CT molecular complexity index is 1090. The Morgan fingerprint density at radius 1 is 1.36 bits per heavy atom. The summed E-state index contributed by atoms with van der Waals surface area (Å²) in [6, 6.07) is 8.67. The number of ether oxygens (including phenoxy) is 2. The fourth-order valence-electron chi connectivity index (χ4n) is 3.51. The van der Waals surface area contributed by atoms with Crippen molar-refractivity contribution in [3.8, 4) is 0 Å². The number of nitrogens with one attached hydrogen (secondary N) is 1. The molecule has 2 aliphatic rings.